The molecule has 0 saturated carbocycles. The first-order valence-electron chi connectivity index (χ1n) is 5.91. The van der Waals surface area contributed by atoms with E-state index in [2.05, 4.69) is 0 Å². The van der Waals surface area contributed by atoms with E-state index in [1.807, 2.05) is 32.0 Å². The van der Waals surface area contributed by atoms with Crippen molar-refractivity contribution < 1.29 is 14.7 Å². The summed E-state index contributed by atoms with van der Waals surface area (Å²) in [4.78, 5) is 23.3. The number of carbonyl (C=O) groups excluding carboxylic acids is 1. The molecule has 1 aromatic carbocycles. The number of hydrogen-bond acceptors (Lipinski definition) is 2. The molecule has 0 radical (unpaired) electrons. The van der Waals surface area contributed by atoms with Gasteiger partial charge >= 0.3 is 5.97 Å². The van der Waals surface area contributed by atoms with E-state index in [1.165, 1.54) is 10.6 Å². The van der Waals surface area contributed by atoms with Crippen LogP contribution < -0.4 is 0 Å². The number of benzene rings is 1. The maximum Gasteiger partial charge on any atom is 0.352 e. The average molecular weight is 257 g/mol. The lowest BCUT2D eigenvalue weighted by atomic mass is 10.0. The second kappa shape index (κ2) is 4.72. The fourth-order valence-electron chi connectivity index (χ4n) is 2.17. The Balaban J connectivity index is 2.44. The molecule has 0 spiro atoms. The van der Waals surface area contributed by atoms with Crippen molar-refractivity contribution in [2.24, 2.45) is 7.05 Å². The van der Waals surface area contributed by atoms with Crippen LogP contribution in [0.2, 0.25) is 0 Å². The van der Waals surface area contributed by atoms with E-state index in [1.54, 1.807) is 13.2 Å². The third-order valence-corrected chi connectivity index (χ3v) is 2.97. The van der Waals surface area contributed by atoms with Gasteiger partial charge in [-0.1, -0.05) is 17.2 Å². The number of aryl methyl sites for hydroxylation is 3. The molecule has 0 aliphatic carbocycles. The summed E-state index contributed by atoms with van der Waals surface area (Å²) in [5.41, 5.74) is 3.10. The summed E-state index contributed by atoms with van der Waals surface area (Å²) in [6.07, 6.45) is 1.55. The van der Waals surface area contributed by atoms with Gasteiger partial charge in [0.2, 0.25) is 0 Å². The van der Waals surface area contributed by atoms with E-state index in [9.17, 15) is 9.59 Å². The highest BCUT2D eigenvalue weighted by atomic mass is 16.4. The Kier molecular flexibility index (Phi) is 3.25. The topological polar surface area (TPSA) is 59.3 Å². The van der Waals surface area contributed by atoms with Crippen molar-refractivity contribution in [1.82, 2.24) is 4.57 Å². The van der Waals surface area contributed by atoms with E-state index >= 15 is 0 Å². The lowest BCUT2D eigenvalue weighted by molar-refractivity contribution is 0.0686. The number of carboxylic acid groups (broad SMARTS) is 1. The molecule has 0 atom stereocenters. The third-order valence-electron chi connectivity index (χ3n) is 2.97. The molecule has 0 unspecified atom stereocenters. The Morgan fingerprint density at radius 1 is 1.00 bits per heavy atom. The summed E-state index contributed by atoms with van der Waals surface area (Å²) in [6.45, 7) is 3.86. The predicted octanol–water partition coefficient (Wildman–Crippen LogP) is 2.57. The van der Waals surface area contributed by atoms with E-state index in [0.717, 1.165) is 11.1 Å². The largest absolute Gasteiger partial charge is 0.477 e. The van der Waals surface area contributed by atoms with E-state index in [4.69, 9.17) is 5.11 Å². The summed E-state index contributed by atoms with van der Waals surface area (Å²) < 4.78 is 1.44. The van der Waals surface area contributed by atoms with Gasteiger partial charge in [-0.15, -0.1) is 0 Å². The van der Waals surface area contributed by atoms with Crippen LogP contribution in [0.1, 0.15) is 37.5 Å². The highest BCUT2D eigenvalue weighted by Gasteiger charge is 2.16. The number of rotatable bonds is 3. The normalized spacial score (nSPS) is 10.5. The van der Waals surface area contributed by atoms with Crippen LogP contribution in [0.15, 0.2) is 30.5 Å². The zero-order valence-corrected chi connectivity index (χ0v) is 11.1. The van der Waals surface area contributed by atoms with Crippen molar-refractivity contribution in [3.05, 3.63) is 58.4 Å². The van der Waals surface area contributed by atoms with Crippen LogP contribution in [0, 0.1) is 13.8 Å². The predicted molar refractivity (Wildman–Crippen MR) is 71.7 cm³/mol. The Bertz CT molecular complexity index is 648. The molecule has 2 rings (SSSR count). The number of nitrogens with zero attached hydrogens (tertiary/aromatic N) is 1. The van der Waals surface area contributed by atoms with Crippen LogP contribution in [-0.2, 0) is 7.05 Å². The first-order valence-corrected chi connectivity index (χ1v) is 5.91. The molecule has 98 valence electrons. The first kappa shape index (κ1) is 13.1. The molecular formula is C15H15NO3. The van der Waals surface area contributed by atoms with Crippen LogP contribution in [0.3, 0.4) is 0 Å². The van der Waals surface area contributed by atoms with E-state index < -0.39 is 5.97 Å². The SMILES string of the molecule is Cc1cc(C)cc(C(=O)c2cc(C(=O)O)n(C)c2)c1. The van der Waals surface area contributed by atoms with Gasteiger partial charge in [0.05, 0.1) is 0 Å². The van der Waals surface area contributed by atoms with Gasteiger partial charge in [0.15, 0.2) is 5.78 Å². The maximum atomic E-state index is 12.3. The molecule has 19 heavy (non-hydrogen) atoms. The highest BCUT2D eigenvalue weighted by Crippen LogP contribution is 2.16. The minimum absolute atomic E-state index is 0.104. The Labute approximate surface area is 111 Å². The number of ketones is 1. The lowest BCUT2D eigenvalue weighted by Gasteiger charge is -2.02. The van der Waals surface area contributed by atoms with Crippen molar-refractivity contribution in [3.63, 3.8) is 0 Å². The maximum absolute atomic E-state index is 12.3. The minimum atomic E-state index is -1.04. The van der Waals surface area contributed by atoms with Gasteiger partial charge < -0.3 is 9.67 Å². The summed E-state index contributed by atoms with van der Waals surface area (Å²) in [6, 6.07) is 7.01. The van der Waals surface area contributed by atoms with Gasteiger partial charge in [-0.05, 0) is 32.0 Å². The van der Waals surface area contributed by atoms with Crippen molar-refractivity contribution >= 4 is 11.8 Å². The molecule has 1 aromatic heterocycles. The summed E-state index contributed by atoms with van der Waals surface area (Å²) in [5.74, 6) is -1.20. The van der Waals surface area contributed by atoms with Crippen molar-refractivity contribution in [1.29, 1.82) is 0 Å². The second-order valence-electron chi connectivity index (χ2n) is 4.74. The number of aromatic nitrogens is 1. The zero-order chi connectivity index (χ0) is 14.2. The van der Waals surface area contributed by atoms with Crippen LogP contribution >= 0.6 is 0 Å². The van der Waals surface area contributed by atoms with Crippen molar-refractivity contribution in [3.8, 4) is 0 Å². The standard InChI is InChI=1S/C15H15NO3/c1-9-4-10(2)6-11(5-9)14(17)12-7-13(15(18)19)16(3)8-12/h4-8H,1-3H3,(H,18,19). The van der Waals surface area contributed by atoms with Crippen LogP contribution in [0.4, 0.5) is 0 Å². The number of carbonyl (C=O) groups is 2. The second-order valence-corrected chi connectivity index (χ2v) is 4.74. The monoisotopic (exact) mass is 257 g/mol. The Hall–Kier alpha value is -2.36. The first-order chi connectivity index (χ1) is 8.88. The smallest absolute Gasteiger partial charge is 0.352 e. The van der Waals surface area contributed by atoms with Gasteiger partial charge in [-0.2, -0.15) is 0 Å². The fraction of sp³-hybridized carbons (Fsp3) is 0.200. The Morgan fingerprint density at radius 2 is 1.58 bits per heavy atom. The highest BCUT2D eigenvalue weighted by molar-refractivity contribution is 6.10. The van der Waals surface area contributed by atoms with Gasteiger partial charge in [0.25, 0.3) is 0 Å². The number of hydrogen-bond donors (Lipinski definition) is 1. The van der Waals surface area contributed by atoms with Crippen molar-refractivity contribution in [2.75, 3.05) is 0 Å². The van der Waals surface area contributed by atoms with E-state index in [0.29, 0.717) is 11.1 Å². The molecule has 4 nitrogen and oxygen atoms in total. The van der Waals surface area contributed by atoms with Gasteiger partial charge in [-0.25, -0.2) is 4.79 Å². The van der Waals surface area contributed by atoms with Gasteiger partial charge in [0.1, 0.15) is 5.69 Å². The number of carboxylic acids is 1. The molecule has 0 aliphatic heterocycles. The molecule has 0 fully saturated rings. The molecule has 0 saturated heterocycles. The zero-order valence-electron chi connectivity index (χ0n) is 11.1. The van der Waals surface area contributed by atoms with Crippen LogP contribution in [-0.4, -0.2) is 21.4 Å². The molecule has 0 bridgehead atoms. The van der Waals surface area contributed by atoms with Crippen LogP contribution in [0.5, 0.6) is 0 Å². The van der Waals surface area contributed by atoms with Gasteiger partial charge in [0, 0.05) is 24.4 Å². The summed E-state index contributed by atoms with van der Waals surface area (Å²) in [5, 5.41) is 8.99. The Morgan fingerprint density at radius 3 is 2.05 bits per heavy atom. The van der Waals surface area contributed by atoms with Gasteiger partial charge in [-0.3, -0.25) is 4.79 Å². The molecule has 2 aromatic rings. The molecule has 4 heteroatoms. The molecule has 0 amide bonds. The molecule has 0 aliphatic rings. The summed E-state index contributed by atoms with van der Waals surface area (Å²) in [7, 11) is 1.61. The van der Waals surface area contributed by atoms with Crippen molar-refractivity contribution in [2.45, 2.75) is 13.8 Å². The third kappa shape index (κ3) is 2.57. The molecular weight excluding hydrogens is 242 g/mol. The lowest BCUT2D eigenvalue weighted by Crippen LogP contribution is -2.02. The number of aromatic carboxylic acids is 1. The van der Waals surface area contributed by atoms with Crippen LogP contribution in [0.25, 0.3) is 0 Å². The quantitative estimate of drug-likeness (QED) is 0.860. The average Bonchev–Trinajstić information content (AvgIpc) is 2.69. The molecule has 1 N–H and O–H groups in total. The minimum Gasteiger partial charge on any atom is -0.477 e. The van der Waals surface area contributed by atoms with E-state index in [-0.39, 0.29) is 11.5 Å². The fourth-order valence-corrected chi connectivity index (χ4v) is 2.17. The molecule has 1 heterocycles. The summed E-state index contributed by atoms with van der Waals surface area (Å²) >= 11 is 0.